The predicted octanol–water partition coefficient (Wildman–Crippen LogP) is 1.46. The summed E-state index contributed by atoms with van der Waals surface area (Å²) in [7, 11) is 4.03. The molecule has 0 saturated carbocycles. The number of hydrogen-bond acceptors (Lipinski definition) is 5. The van der Waals surface area contributed by atoms with Crippen LogP contribution < -0.4 is 0 Å². The molecule has 0 aliphatic carbocycles. The first kappa shape index (κ1) is 18.8. The van der Waals surface area contributed by atoms with Crippen molar-refractivity contribution in [3.63, 3.8) is 0 Å². The molecule has 2 saturated heterocycles. The first-order chi connectivity index (χ1) is 12.5. The fourth-order valence-corrected chi connectivity index (χ4v) is 3.96. The van der Waals surface area contributed by atoms with Crippen LogP contribution >= 0.6 is 0 Å². The summed E-state index contributed by atoms with van der Waals surface area (Å²) < 4.78 is 0. The minimum atomic E-state index is -0.0181. The number of nitrogens with zero attached hydrogens (tertiary/aromatic N) is 5. The van der Waals surface area contributed by atoms with Gasteiger partial charge in [-0.2, -0.15) is 0 Å². The first-order valence-corrected chi connectivity index (χ1v) is 9.48. The van der Waals surface area contributed by atoms with Crippen LogP contribution in [0.25, 0.3) is 0 Å². The second-order valence-electron chi connectivity index (χ2n) is 7.61. The molecule has 2 amide bonds. The molecular weight excluding hydrogens is 330 g/mol. The number of amides is 2. The zero-order valence-corrected chi connectivity index (χ0v) is 16.0. The monoisotopic (exact) mass is 359 g/mol. The highest BCUT2D eigenvalue weighted by atomic mass is 16.2. The Kier molecular flexibility index (Phi) is 5.86. The number of aromatic nitrogens is 2. The van der Waals surface area contributed by atoms with Crippen molar-refractivity contribution in [1.82, 2.24) is 24.7 Å². The van der Waals surface area contributed by atoms with Crippen molar-refractivity contribution in [2.75, 3.05) is 33.7 Å². The summed E-state index contributed by atoms with van der Waals surface area (Å²) in [4.78, 5) is 39.6. The quantitative estimate of drug-likeness (QED) is 0.814. The van der Waals surface area contributed by atoms with Gasteiger partial charge in [0, 0.05) is 45.2 Å². The summed E-state index contributed by atoms with van der Waals surface area (Å²) in [6.45, 7) is 4.49. The highest BCUT2D eigenvalue weighted by Gasteiger charge is 2.36. The third-order valence-electron chi connectivity index (χ3n) is 5.33. The van der Waals surface area contributed by atoms with Gasteiger partial charge in [-0.1, -0.05) is 0 Å². The van der Waals surface area contributed by atoms with Gasteiger partial charge in [0.15, 0.2) is 5.82 Å². The molecule has 26 heavy (non-hydrogen) atoms. The molecule has 1 atom stereocenters. The molecule has 3 rings (SSSR count). The largest absolute Gasteiger partial charge is 0.343 e. The van der Waals surface area contributed by atoms with Gasteiger partial charge < -0.3 is 14.7 Å². The van der Waals surface area contributed by atoms with Crippen LogP contribution in [0.5, 0.6) is 0 Å². The Morgan fingerprint density at radius 2 is 1.92 bits per heavy atom. The van der Waals surface area contributed by atoms with Gasteiger partial charge in [0.05, 0.1) is 11.7 Å². The lowest BCUT2D eigenvalue weighted by atomic mass is 9.95. The van der Waals surface area contributed by atoms with Gasteiger partial charge in [0.2, 0.25) is 11.8 Å². The Balaban J connectivity index is 1.68. The number of carbonyl (C=O) groups is 2. The van der Waals surface area contributed by atoms with E-state index in [-0.39, 0.29) is 23.8 Å². The van der Waals surface area contributed by atoms with Crippen molar-refractivity contribution >= 4 is 11.8 Å². The molecule has 1 aromatic rings. The maximum atomic E-state index is 13.1. The standard InChI is InChI=1S/C19H29N5O2/c1-14(25)23-11-7-15(8-12-23)19(26)24-10-4-5-17(24)18-20-9-6-16(21-18)13-22(2)3/h6,9,15,17H,4-5,7-8,10-13H2,1-3H3/t17-/m1/s1. The SMILES string of the molecule is CC(=O)N1CCC(C(=O)N2CCC[C@@H]2c2nccc(CN(C)C)n2)CC1. The van der Waals surface area contributed by atoms with Crippen molar-refractivity contribution < 1.29 is 9.59 Å². The van der Waals surface area contributed by atoms with Crippen LogP contribution in [0.3, 0.4) is 0 Å². The molecule has 2 aliphatic rings. The lowest BCUT2D eigenvalue weighted by molar-refractivity contribution is -0.141. The zero-order chi connectivity index (χ0) is 18.7. The molecule has 0 radical (unpaired) electrons. The molecule has 0 N–H and O–H groups in total. The molecule has 3 heterocycles. The van der Waals surface area contributed by atoms with Gasteiger partial charge in [0.25, 0.3) is 0 Å². The summed E-state index contributed by atoms with van der Waals surface area (Å²) in [5, 5.41) is 0. The van der Waals surface area contributed by atoms with E-state index in [0.29, 0.717) is 13.1 Å². The Hall–Kier alpha value is -2.02. The second-order valence-corrected chi connectivity index (χ2v) is 7.61. The van der Waals surface area contributed by atoms with E-state index in [1.165, 1.54) is 0 Å². The molecule has 1 aromatic heterocycles. The van der Waals surface area contributed by atoms with Crippen LogP contribution in [0.4, 0.5) is 0 Å². The Labute approximate surface area is 155 Å². The number of carbonyl (C=O) groups excluding carboxylic acids is 2. The molecule has 7 nitrogen and oxygen atoms in total. The number of rotatable bonds is 4. The fraction of sp³-hybridized carbons (Fsp3) is 0.684. The van der Waals surface area contributed by atoms with Crippen molar-refractivity contribution in [3.05, 3.63) is 23.8 Å². The molecule has 0 bridgehead atoms. The van der Waals surface area contributed by atoms with E-state index in [1.807, 2.05) is 30.0 Å². The van der Waals surface area contributed by atoms with E-state index in [9.17, 15) is 9.59 Å². The van der Waals surface area contributed by atoms with Crippen molar-refractivity contribution in [1.29, 1.82) is 0 Å². The Bertz CT molecular complexity index is 655. The molecule has 0 unspecified atom stereocenters. The van der Waals surface area contributed by atoms with Gasteiger partial charge in [0.1, 0.15) is 0 Å². The van der Waals surface area contributed by atoms with Crippen LogP contribution in [-0.2, 0) is 16.1 Å². The maximum Gasteiger partial charge on any atom is 0.226 e. The van der Waals surface area contributed by atoms with Crippen LogP contribution in [0.2, 0.25) is 0 Å². The molecule has 0 aromatic carbocycles. The van der Waals surface area contributed by atoms with Crippen LogP contribution in [0, 0.1) is 5.92 Å². The third-order valence-corrected chi connectivity index (χ3v) is 5.33. The maximum absolute atomic E-state index is 13.1. The summed E-state index contributed by atoms with van der Waals surface area (Å²) in [6.07, 6.45) is 5.22. The topological polar surface area (TPSA) is 69.6 Å². The zero-order valence-electron chi connectivity index (χ0n) is 16.0. The normalized spacial score (nSPS) is 21.5. The van der Waals surface area contributed by atoms with E-state index in [1.54, 1.807) is 13.1 Å². The molecule has 2 fully saturated rings. The summed E-state index contributed by atoms with van der Waals surface area (Å²) >= 11 is 0. The van der Waals surface area contributed by atoms with E-state index in [0.717, 1.165) is 50.3 Å². The summed E-state index contributed by atoms with van der Waals surface area (Å²) in [5.74, 6) is 1.07. The van der Waals surface area contributed by atoms with Gasteiger partial charge in [-0.15, -0.1) is 0 Å². The highest BCUT2D eigenvalue weighted by molar-refractivity contribution is 5.80. The summed E-state index contributed by atoms with van der Waals surface area (Å²) in [5.41, 5.74) is 0.981. The second kappa shape index (κ2) is 8.12. The molecule has 7 heteroatoms. The number of piperidine rings is 1. The Morgan fingerprint density at radius 1 is 1.19 bits per heavy atom. The molecule has 2 aliphatic heterocycles. The lowest BCUT2D eigenvalue weighted by Crippen LogP contribution is -2.43. The average molecular weight is 359 g/mol. The minimum absolute atomic E-state index is 0.0103. The molecular formula is C19H29N5O2. The van der Waals surface area contributed by atoms with Crippen molar-refractivity contribution in [3.8, 4) is 0 Å². The van der Waals surface area contributed by atoms with E-state index in [2.05, 4.69) is 9.88 Å². The van der Waals surface area contributed by atoms with Crippen molar-refractivity contribution in [2.24, 2.45) is 5.92 Å². The highest BCUT2D eigenvalue weighted by Crippen LogP contribution is 2.33. The van der Waals surface area contributed by atoms with Gasteiger partial charge in [-0.25, -0.2) is 9.97 Å². The van der Waals surface area contributed by atoms with Crippen molar-refractivity contribution in [2.45, 2.75) is 45.2 Å². The predicted molar refractivity (Wildman–Crippen MR) is 98.1 cm³/mol. The van der Waals surface area contributed by atoms with Gasteiger partial charge >= 0.3 is 0 Å². The minimum Gasteiger partial charge on any atom is -0.343 e. The van der Waals surface area contributed by atoms with E-state index >= 15 is 0 Å². The lowest BCUT2D eigenvalue weighted by Gasteiger charge is -2.34. The van der Waals surface area contributed by atoms with Crippen LogP contribution in [0.1, 0.15) is 50.2 Å². The fourth-order valence-electron chi connectivity index (χ4n) is 3.96. The smallest absolute Gasteiger partial charge is 0.226 e. The molecule has 142 valence electrons. The first-order valence-electron chi connectivity index (χ1n) is 9.48. The van der Waals surface area contributed by atoms with E-state index < -0.39 is 0 Å². The van der Waals surface area contributed by atoms with Gasteiger partial charge in [-0.3, -0.25) is 9.59 Å². The van der Waals surface area contributed by atoms with E-state index in [4.69, 9.17) is 4.98 Å². The van der Waals surface area contributed by atoms with Crippen LogP contribution in [0.15, 0.2) is 12.3 Å². The van der Waals surface area contributed by atoms with Gasteiger partial charge in [-0.05, 0) is 45.8 Å². The summed E-state index contributed by atoms with van der Waals surface area (Å²) in [6, 6.07) is 1.91. The average Bonchev–Trinajstić information content (AvgIpc) is 3.10. The number of likely N-dealkylation sites (tertiary alicyclic amines) is 2. The van der Waals surface area contributed by atoms with Crippen LogP contribution in [-0.4, -0.2) is 70.2 Å². The third kappa shape index (κ3) is 4.20. The number of hydrogen-bond donors (Lipinski definition) is 0. The molecule has 0 spiro atoms. The Morgan fingerprint density at radius 3 is 2.58 bits per heavy atom.